The van der Waals surface area contributed by atoms with E-state index in [1.165, 1.54) is 0 Å². The standard InChI is InChI=1S/C8H10ClN.ClH/c1-6-4-7(5-10)2-3-8(6)9;/h2-4H,5,10H2,1H3;1H. The zero-order valence-electron chi connectivity index (χ0n) is 6.30. The molecule has 2 N–H and O–H groups in total. The van der Waals surface area contributed by atoms with Crippen LogP contribution in [-0.2, 0) is 6.54 Å². The summed E-state index contributed by atoms with van der Waals surface area (Å²) in [6.07, 6.45) is 0. The summed E-state index contributed by atoms with van der Waals surface area (Å²) in [4.78, 5) is 0. The van der Waals surface area contributed by atoms with Crippen LogP contribution in [0.4, 0.5) is 0 Å². The van der Waals surface area contributed by atoms with Crippen LogP contribution in [0.1, 0.15) is 11.1 Å². The van der Waals surface area contributed by atoms with E-state index in [0.29, 0.717) is 6.54 Å². The first-order chi connectivity index (χ1) is 4.74. The molecule has 1 aromatic rings. The Kier molecular flexibility index (Phi) is 4.50. The Morgan fingerprint density at radius 3 is 2.55 bits per heavy atom. The highest BCUT2D eigenvalue weighted by Gasteiger charge is 1.94. The fourth-order valence-corrected chi connectivity index (χ4v) is 0.951. The monoisotopic (exact) mass is 191 g/mol. The topological polar surface area (TPSA) is 26.0 Å². The Morgan fingerprint density at radius 1 is 1.45 bits per heavy atom. The maximum Gasteiger partial charge on any atom is 0.0435 e. The van der Waals surface area contributed by atoms with E-state index in [0.717, 1.165) is 16.1 Å². The van der Waals surface area contributed by atoms with Crippen LogP contribution in [-0.4, -0.2) is 0 Å². The molecule has 1 nitrogen and oxygen atoms in total. The first kappa shape index (κ1) is 10.8. The first-order valence-electron chi connectivity index (χ1n) is 3.19. The van der Waals surface area contributed by atoms with Crippen LogP contribution < -0.4 is 5.73 Å². The highest BCUT2D eigenvalue weighted by atomic mass is 35.5. The van der Waals surface area contributed by atoms with E-state index < -0.39 is 0 Å². The lowest BCUT2D eigenvalue weighted by atomic mass is 10.1. The Hall–Kier alpha value is -0.240. The maximum atomic E-state index is 5.80. The molecule has 0 heterocycles. The molecule has 0 aliphatic heterocycles. The summed E-state index contributed by atoms with van der Waals surface area (Å²) in [5, 5.41) is 0.803. The van der Waals surface area contributed by atoms with E-state index in [-0.39, 0.29) is 12.4 Å². The Labute approximate surface area is 78.0 Å². The highest BCUT2D eigenvalue weighted by molar-refractivity contribution is 6.31. The number of nitrogens with two attached hydrogens (primary N) is 1. The Morgan fingerprint density at radius 2 is 2.09 bits per heavy atom. The second kappa shape index (κ2) is 4.60. The highest BCUT2D eigenvalue weighted by Crippen LogP contribution is 2.15. The van der Waals surface area contributed by atoms with E-state index in [2.05, 4.69) is 0 Å². The Bertz CT molecular complexity index is 236. The smallest absolute Gasteiger partial charge is 0.0435 e. The number of hydrogen-bond acceptors (Lipinski definition) is 1. The molecule has 0 spiro atoms. The lowest BCUT2D eigenvalue weighted by Crippen LogP contribution is -1.95. The van der Waals surface area contributed by atoms with Crippen molar-refractivity contribution in [1.82, 2.24) is 0 Å². The molecule has 62 valence electrons. The first-order valence-corrected chi connectivity index (χ1v) is 3.57. The van der Waals surface area contributed by atoms with Crippen molar-refractivity contribution < 1.29 is 0 Å². The molecule has 1 aromatic carbocycles. The summed E-state index contributed by atoms with van der Waals surface area (Å²) in [5.41, 5.74) is 7.64. The summed E-state index contributed by atoms with van der Waals surface area (Å²) in [7, 11) is 0. The van der Waals surface area contributed by atoms with Gasteiger partial charge in [-0.25, -0.2) is 0 Å². The van der Waals surface area contributed by atoms with Gasteiger partial charge in [-0.1, -0.05) is 23.7 Å². The Balaban J connectivity index is 0.000001000. The maximum absolute atomic E-state index is 5.80. The molecule has 11 heavy (non-hydrogen) atoms. The van der Waals surface area contributed by atoms with Gasteiger partial charge in [0.1, 0.15) is 0 Å². The number of aryl methyl sites for hydroxylation is 1. The fourth-order valence-electron chi connectivity index (χ4n) is 0.834. The average Bonchev–Trinajstić information content (AvgIpc) is 1.95. The van der Waals surface area contributed by atoms with Gasteiger partial charge in [0.2, 0.25) is 0 Å². The lowest BCUT2D eigenvalue weighted by Gasteiger charge is -1.99. The minimum absolute atomic E-state index is 0. The second-order valence-electron chi connectivity index (χ2n) is 2.29. The van der Waals surface area contributed by atoms with Gasteiger partial charge in [0, 0.05) is 11.6 Å². The summed E-state index contributed by atoms with van der Waals surface area (Å²) in [5.74, 6) is 0. The van der Waals surface area contributed by atoms with Crippen molar-refractivity contribution in [2.75, 3.05) is 0 Å². The zero-order valence-corrected chi connectivity index (χ0v) is 7.88. The summed E-state index contributed by atoms with van der Waals surface area (Å²) in [6, 6.07) is 5.82. The number of benzene rings is 1. The average molecular weight is 192 g/mol. The third-order valence-electron chi connectivity index (χ3n) is 1.46. The van der Waals surface area contributed by atoms with Crippen LogP contribution >= 0.6 is 24.0 Å². The molecule has 0 unspecified atom stereocenters. The summed E-state index contributed by atoms with van der Waals surface area (Å²) < 4.78 is 0. The van der Waals surface area contributed by atoms with Gasteiger partial charge in [-0.05, 0) is 24.1 Å². The van der Waals surface area contributed by atoms with Crippen molar-refractivity contribution in [3.8, 4) is 0 Å². The number of hydrogen-bond donors (Lipinski definition) is 1. The molecule has 0 bridgehead atoms. The van der Waals surface area contributed by atoms with Crippen molar-refractivity contribution in [3.63, 3.8) is 0 Å². The molecule has 0 aliphatic carbocycles. The quantitative estimate of drug-likeness (QED) is 0.726. The van der Waals surface area contributed by atoms with Crippen LogP contribution in [0.5, 0.6) is 0 Å². The van der Waals surface area contributed by atoms with Gasteiger partial charge in [0.25, 0.3) is 0 Å². The fraction of sp³-hybridized carbons (Fsp3) is 0.250. The minimum Gasteiger partial charge on any atom is -0.326 e. The van der Waals surface area contributed by atoms with E-state index in [4.69, 9.17) is 17.3 Å². The number of rotatable bonds is 1. The van der Waals surface area contributed by atoms with Crippen molar-refractivity contribution >= 4 is 24.0 Å². The van der Waals surface area contributed by atoms with Gasteiger partial charge in [0.15, 0.2) is 0 Å². The molecular weight excluding hydrogens is 181 g/mol. The predicted octanol–water partition coefficient (Wildman–Crippen LogP) is 2.53. The molecule has 0 fully saturated rings. The van der Waals surface area contributed by atoms with Crippen LogP contribution in [0.25, 0.3) is 0 Å². The molecule has 1 rings (SSSR count). The molecular formula is C8H11Cl2N. The van der Waals surface area contributed by atoms with Gasteiger partial charge >= 0.3 is 0 Å². The largest absolute Gasteiger partial charge is 0.326 e. The van der Waals surface area contributed by atoms with Crippen molar-refractivity contribution in [3.05, 3.63) is 34.3 Å². The van der Waals surface area contributed by atoms with Gasteiger partial charge in [-0.3, -0.25) is 0 Å². The molecule has 0 radical (unpaired) electrons. The van der Waals surface area contributed by atoms with Crippen LogP contribution in [0.15, 0.2) is 18.2 Å². The molecule has 0 amide bonds. The van der Waals surface area contributed by atoms with Gasteiger partial charge in [-0.15, -0.1) is 12.4 Å². The molecule has 0 saturated carbocycles. The second-order valence-corrected chi connectivity index (χ2v) is 2.69. The van der Waals surface area contributed by atoms with Crippen molar-refractivity contribution in [1.29, 1.82) is 0 Å². The molecule has 0 atom stereocenters. The SMILES string of the molecule is Cc1cc(CN)ccc1Cl.Cl. The van der Waals surface area contributed by atoms with E-state index in [9.17, 15) is 0 Å². The summed E-state index contributed by atoms with van der Waals surface area (Å²) >= 11 is 5.80. The number of halogens is 2. The van der Waals surface area contributed by atoms with Crippen LogP contribution in [0, 0.1) is 6.92 Å². The van der Waals surface area contributed by atoms with Gasteiger partial charge in [0.05, 0.1) is 0 Å². The van der Waals surface area contributed by atoms with E-state index in [1.807, 2.05) is 25.1 Å². The molecule has 0 saturated heterocycles. The normalized spacial score (nSPS) is 9.00. The molecule has 0 aliphatic rings. The predicted molar refractivity (Wildman–Crippen MR) is 51.3 cm³/mol. The molecule has 0 aromatic heterocycles. The third-order valence-corrected chi connectivity index (χ3v) is 1.88. The van der Waals surface area contributed by atoms with Gasteiger partial charge < -0.3 is 5.73 Å². The van der Waals surface area contributed by atoms with Crippen molar-refractivity contribution in [2.45, 2.75) is 13.5 Å². The molecule has 3 heteroatoms. The summed E-state index contributed by atoms with van der Waals surface area (Å²) in [6.45, 7) is 2.56. The lowest BCUT2D eigenvalue weighted by molar-refractivity contribution is 1.07. The zero-order chi connectivity index (χ0) is 7.56. The van der Waals surface area contributed by atoms with E-state index in [1.54, 1.807) is 0 Å². The minimum atomic E-state index is 0. The van der Waals surface area contributed by atoms with Crippen LogP contribution in [0.3, 0.4) is 0 Å². The van der Waals surface area contributed by atoms with Crippen molar-refractivity contribution in [2.24, 2.45) is 5.73 Å². The van der Waals surface area contributed by atoms with Crippen LogP contribution in [0.2, 0.25) is 5.02 Å². The van der Waals surface area contributed by atoms with Gasteiger partial charge in [-0.2, -0.15) is 0 Å². The van der Waals surface area contributed by atoms with E-state index >= 15 is 0 Å². The third kappa shape index (κ3) is 2.70.